The van der Waals surface area contributed by atoms with Gasteiger partial charge in [-0.2, -0.15) is 0 Å². The van der Waals surface area contributed by atoms with Gasteiger partial charge in [-0.3, -0.25) is 0 Å². The van der Waals surface area contributed by atoms with Crippen LogP contribution >= 0.6 is 0 Å². The predicted molar refractivity (Wildman–Crippen MR) is 65.4 cm³/mol. The van der Waals surface area contributed by atoms with Gasteiger partial charge in [0.05, 0.1) is 0 Å². The summed E-state index contributed by atoms with van der Waals surface area (Å²) < 4.78 is 4.25. The number of ether oxygens (including phenoxy) is 1. The van der Waals surface area contributed by atoms with Crippen molar-refractivity contribution in [3.8, 4) is 0 Å². The Labute approximate surface area is 86.9 Å². The minimum absolute atomic E-state index is 1.50. The lowest BCUT2D eigenvalue weighted by atomic mass is 10.0. The van der Waals surface area contributed by atoms with Crippen LogP contribution in [0, 0.1) is 0 Å². The normalized spacial score (nSPS) is 10.2. The van der Waals surface area contributed by atoms with Crippen LogP contribution in [0.2, 0.25) is 0 Å². The van der Waals surface area contributed by atoms with Crippen LogP contribution in [0.1, 0.15) is 67.2 Å². The fourth-order valence-electron chi connectivity index (χ4n) is 0.250. The van der Waals surface area contributed by atoms with Gasteiger partial charge in [0.2, 0.25) is 0 Å². The van der Waals surface area contributed by atoms with Crippen LogP contribution in [-0.2, 0) is 4.74 Å². The van der Waals surface area contributed by atoms with Gasteiger partial charge in [0.15, 0.2) is 0 Å². The van der Waals surface area contributed by atoms with Crippen molar-refractivity contribution in [1.29, 1.82) is 0 Å². The zero-order valence-electron chi connectivity index (χ0n) is 11.2. The first kappa shape index (κ1) is 23.1. The molecule has 1 aliphatic carbocycles. The molecule has 0 amide bonds. The summed E-state index contributed by atoms with van der Waals surface area (Å²) in [5, 5.41) is 0. The molecule has 86 valence electrons. The molecule has 0 N–H and O–H groups in total. The quantitative estimate of drug-likeness (QED) is 0.530. The summed E-state index contributed by atoms with van der Waals surface area (Å²) in [6.07, 6.45) is 6.00. The number of methoxy groups -OCH3 is 1. The van der Waals surface area contributed by atoms with Crippen LogP contribution < -0.4 is 0 Å². The van der Waals surface area contributed by atoms with E-state index in [1.165, 1.54) is 25.7 Å². The van der Waals surface area contributed by atoms with Gasteiger partial charge in [0.1, 0.15) is 0 Å². The molecule has 0 saturated heterocycles. The number of hydrogen-bond acceptors (Lipinski definition) is 1. The lowest BCUT2D eigenvalue weighted by Gasteiger charge is -2.05. The molecule has 0 atom stereocenters. The molecular formula is C12H32O. The maximum Gasteiger partial charge on any atom is 0.0351 e. The molecule has 1 nitrogen and oxygen atoms in total. The molecule has 0 radical (unpaired) electrons. The predicted octanol–water partition coefficient (Wildman–Crippen LogP) is 4.90. The fraction of sp³-hybridized carbons (Fsp3) is 1.00. The second-order valence-electron chi connectivity index (χ2n) is 1.82. The summed E-state index contributed by atoms with van der Waals surface area (Å²) in [5.74, 6) is 0. The van der Waals surface area contributed by atoms with Crippen molar-refractivity contribution < 1.29 is 4.74 Å². The molecule has 1 fully saturated rings. The average molecular weight is 192 g/mol. The van der Waals surface area contributed by atoms with E-state index in [0.29, 0.717) is 0 Å². The first-order valence-electron chi connectivity index (χ1n) is 5.82. The van der Waals surface area contributed by atoms with Crippen LogP contribution in [0.15, 0.2) is 0 Å². The van der Waals surface area contributed by atoms with E-state index >= 15 is 0 Å². The van der Waals surface area contributed by atoms with Crippen molar-refractivity contribution in [3.05, 3.63) is 0 Å². The van der Waals surface area contributed by atoms with Crippen molar-refractivity contribution in [3.63, 3.8) is 0 Å². The molecule has 1 rings (SSSR count). The third-order valence-electron chi connectivity index (χ3n) is 1.000. The van der Waals surface area contributed by atoms with Crippen LogP contribution in [0.3, 0.4) is 0 Å². The van der Waals surface area contributed by atoms with E-state index in [4.69, 9.17) is 0 Å². The van der Waals surface area contributed by atoms with Crippen molar-refractivity contribution in [2.45, 2.75) is 67.2 Å². The molecule has 1 saturated carbocycles. The Bertz CT molecular complexity index is 20.3. The van der Waals surface area contributed by atoms with E-state index in [-0.39, 0.29) is 0 Å². The maximum atomic E-state index is 4.25. The first-order valence-corrected chi connectivity index (χ1v) is 5.82. The van der Waals surface area contributed by atoms with E-state index in [1.54, 1.807) is 14.2 Å². The Balaban J connectivity index is -0.0000000413. The van der Waals surface area contributed by atoms with E-state index < -0.39 is 0 Å². The standard InChI is InChI=1S/C4H8.C2H6O.3C2H6/c1-2-4-3-1;1-3-2;3*1-2/h1-4H2;1-2H3;3*1-2H3. The third kappa shape index (κ3) is 75.7. The van der Waals surface area contributed by atoms with E-state index in [9.17, 15) is 0 Å². The Hall–Kier alpha value is -0.0400. The number of rotatable bonds is 0. The second kappa shape index (κ2) is 58.4. The van der Waals surface area contributed by atoms with Gasteiger partial charge >= 0.3 is 0 Å². The van der Waals surface area contributed by atoms with Gasteiger partial charge in [-0.15, -0.1) is 0 Å². The minimum atomic E-state index is 1.50. The zero-order chi connectivity index (χ0) is 11.5. The highest BCUT2D eigenvalue weighted by Crippen LogP contribution is 2.15. The lowest BCUT2D eigenvalue weighted by Crippen LogP contribution is -1.85. The molecule has 0 unspecified atom stereocenters. The van der Waals surface area contributed by atoms with E-state index in [2.05, 4.69) is 4.74 Å². The van der Waals surface area contributed by atoms with Gasteiger partial charge in [-0.05, 0) is 0 Å². The Morgan fingerprint density at radius 2 is 0.615 bits per heavy atom. The second-order valence-corrected chi connectivity index (χ2v) is 1.82. The summed E-state index contributed by atoms with van der Waals surface area (Å²) in [7, 11) is 3.25. The first-order chi connectivity index (χ1) is 6.41. The monoisotopic (exact) mass is 192 g/mol. The zero-order valence-corrected chi connectivity index (χ0v) is 11.2. The van der Waals surface area contributed by atoms with Crippen LogP contribution in [0.4, 0.5) is 0 Å². The maximum absolute atomic E-state index is 4.25. The molecule has 0 aromatic rings. The van der Waals surface area contributed by atoms with Gasteiger partial charge in [-0.1, -0.05) is 67.2 Å². The molecule has 0 spiro atoms. The molecule has 0 aromatic carbocycles. The largest absolute Gasteiger partial charge is 0.388 e. The molecule has 1 aliphatic rings. The van der Waals surface area contributed by atoms with Crippen molar-refractivity contribution in [2.24, 2.45) is 0 Å². The Morgan fingerprint density at radius 1 is 0.538 bits per heavy atom. The summed E-state index contributed by atoms with van der Waals surface area (Å²) >= 11 is 0. The minimum Gasteiger partial charge on any atom is -0.388 e. The fourth-order valence-corrected chi connectivity index (χ4v) is 0.250. The van der Waals surface area contributed by atoms with Crippen LogP contribution in [-0.4, -0.2) is 14.2 Å². The lowest BCUT2D eigenvalue weighted by molar-refractivity contribution is 0.277. The summed E-state index contributed by atoms with van der Waals surface area (Å²) in [6.45, 7) is 12.0. The molecule has 1 heteroatoms. The van der Waals surface area contributed by atoms with Crippen molar-refractivity contribution in [1.82, 2.24) is 0 Å². The summed E-state index contributed by atoms with van der Waals surface area (Å²) in [5.41, 5.74) is 0. The van der Waals surface area contributed by atoms with Gasteiger partial charge < -0.3 is 4.74 Å². The summed E-state index contributed by atoms with van der Waals surface area (Å²) in [6, 6.07) is 0. The van der Waals surface area contributed by atoms with E-state index in [1.807, 2.05) is 41.5 Å². The number of hydrogen-bond donors (Lipinski definition) is 0. The SMILES string of the molecule is C1CCC1.CC.CC.CC.COC. The smallest absolute Gasteiger partial charge is 0.0351 e. The molecule has 0 aromatic heterocycles. The van der Waals surface area contributed by atoms with E-state index in [0.717, 1.165) is 0 Å². The Morgan fingerprint density at radius 3 is 0.615 bits per heavy atom. The molecule has 0 heterocycles. The molecule has 13 heavy (non-hydrogen) atoms. The highest BCUT2D eigenvalue weighted by atomic mass is 16.4. The Kier molecular flexibility index (Phi) is 104. The topological polar surface area (TPSA) is 9.23 Å². The molecule has 0 aliphatic heterocycles. The molecule has 0 bridgehead atoms. The van der Waals surface area contributed by atoms with Gasteiger partial charge in [0.25, 0.3) is 0 Å². The average Bonchev–Trinajstić information content (AvgIpc) is 2.12. The third-order valence-corrected chi connectivity index (χ3v) is 1.000. The molecular weight excluding hydrogens is 160 g/mol. The van der Waals surface area contributed by atoms with Gasteiger partial charge in [-0.25, -0.2) is 0 Å². The van der Waals surface area contributed by atoms with Crippen molar-refractivity contribution >= 4 is 0 Å². The van der Waals surface area contributed by atoms with Crippen LogP contribution in [0.25, 0.3) is 0 Å². The summed E-state index contributed by atoms with van der Waals surface area (Å²) in [4.78, 5) is 0. The highest BCUT2D eigenvalue weighted by Gasteiger charge is 1.95. The van der Waals surface area contributed by atoms with Crippen molar-refractivity contribution in [2.75, 3.05) is 14.2 Å². The van der Waals surface area contributed by atoms with Gasteiger partial charge in [0, 0.05) is 14.2 Å². The highest BCUT2D eigenvalue weighted by molar-refractivity contribution is 4.50. The van der Waals surface area contributed by atoms with Crippen LogP contribution in [0.5, 0.6) is 0 Å².